The van der Waals surface area contributed by atoms with Crippen molar-refractivity contribution >= 4 is 23.9 Å². The quantitative estimate of drug-likeness (QED) is 0.0228. The van der Waals surface area contributed by atoms with Crippen LogP contribution in [0.15, 0.2) is 60.8 Å². The molecule has 1 fully saturated rings. The van der Waals surface area contributed by atoms with Crippen LogP contribution in [0.1, 0.15) is 278 Å². The molecule has 1 rings (SSSR count). The van der Waals surface area contributed by atoms with Gasteiger partial charge < -0.3 is 39.0 Å². The van der Waals surface area contributed by atoms with Gasteiger partial charge in [0.2, 0.25) is 0 Å². The summed E-state index contributed by atoms with van der Waals surface area (Å²) in [6.07, 6.45) is 53.3. The number of carboxylic acids is 1. The average Bonchev–Trinajstić information content (AvgIpc) is 3.42. The monoisotopic (exact) mass is 1080 g/mol. The Morgan fingerprint density at radius 3 is 1.27 bits per heavy atom. The normalized spacial score (nSPS) is 18.4. The molecule has 0 aromatic heterocycles. The van der Waals surface area contributed by atoms with Crippen molar-refractivity contribution in [1.29, 1.82) is 0 Å². The maximum atomic E-state index is 13.2. The van der Waals surface area contributed by atoms with Crippen LogP contribution >= 0.6 is 0 Å². The van der Waals surface area contributed by atoms with Gasteiger partial charge in [-0.05, 0) is 83.5 Å². The molecule has 3 N–H and O–H groups in total. The fourth-order valence-electron chi connectivity index (χ4n) is 9.30. The number of carbonyl (C=O) groups is 4. The first kappa shape index (κ1) is 71.4. The number of unbranched alkanes of at least 4 members (excludes halogenated alkanes) is 29. The zero-order valence-corrected chi connectivity index (χ0v) is 49.0. The highest BCUT2D eigenvalue weighted by molar-refractivity contribution is 5.74. The van der Waals surface area contributed by atoms with Gasteiger partial charge in [0.1, 0.15) is 18.8 Å². The van der Waals surface area contributed by atoms with Gasteiger partial charge in [0.25, 0.3) is 0 Å². The Bertz CT molecular complexity index is 1570. The largest absolute Gasteiger partial charge is 0.479 e. The van der Waals surface area contributed by atoms with Gasteiger partial charge in [0, 0.05) is 19.3 Å². The van der Waals surface area contributed by atoms with E-state index in [9.17, 15) is 34.5 Å². The van der Waals surface area contributed by atoms with Gasteiger partial charge in [-0.2, -0.15) is 0 Å². The smallest absolute Gasteiger partial charge is 0.335 e. The lowest BCUT2D eigenvalue weighted by molar-refractivity contribution is -0.301. The molecule has 1 saturated heterocycles. The van der Waals surface area contributed by atoms with E-state index in [2.05, 4.69) is 81.5 Å². The predicted molar refractivity (Wildman–Crippen MR) is 312 cm³/mol. The highest BCUT2D eigenvalue weighted by atomic mass is 16.7. The molecule has 0 aromatic carbocycles. The highest BCUT2D eigenvalue weighted by Crippen LogP contribution is 2.27. The molecule has 0 saturated carbocycles. The second kappa shape index (κ2) is 53.1. The Balaban J connectivity index is 2.69. The summed E-state index contributed by atoms with van der Waals surface area (Å²) < 4.78 is 28.5. The Kier molecular flexibility index (Phi) is 49.2. The maximum absolute atomic E-state index is 13.2. The zero-order chi connectivity index (χ0) is 56.1. The lowest BCUT2D eigenvalue weighted by atomic mass is 9.98. The molecule has 12 heteroatoms. The average molecular weight is 1090 g/mol. The second-order valence-corrected chi connectivity index (χ2v) is 21.3. The summed E-state index contributed by atoms with van der Waals surface area (Å²) in [5.41, 5.74) is 0. The van der Waals surface area contributed by atoms with Crippen LogP contribution in [0.2, 0.25) is 0 Å². The number of carboxylic acid groups (broad SMARTS) is 1. The van der Waals surface area contributed by atoms with Gasteiger partial charge in [0.05, 0.1) is 6.61 Å². The molecule has 0 spiro atoms. The molecule has 1 heterocycles. The highest BCUT2D eigenvalue weighted by Gasteiger charge is 2.50. The minimum atomic E-state index is -1.91. The number of allylic oxidation sites excluding steroid dienone is 10. The summed E-state index contributed by atoms with van der Waals surface area (Å²) >= 11 is 0. The van der Waals surface area contributed by atoms with E-state index >= 15 is 0 Å². The van der Waals surface area contributed by atoms with Crippen LogP contribution in [0.25, 0.3) is 0 Å². The van der Waals surface area contributed by atoms with E-state index in [-0.39, 0.29) is 25.9 Å². The van der Waals surface area contributed by atoms with Gasteiger partial charge in [-0.1, -0.05) is 236 Å². The first-order valence-corrected chi connectivity index (χ1v) is 31.3. The number of esters is 3. The van der Waals surface area contributed by atoms with Crippen LogP contribution in [0.5, 0.6) is 0 Å². The summed E-state index contributed by atoms with van der Waals surface area (Å²) in [6.45, 7) is 5.87. The van der Waals surface area contributed by atoms with Gasteiger partial charge in [-0.15, -0.1) is 0 Å². The van der Waals surface area contributed by atoms with Crippen LogP contribution in [0.3, 0.4) is 0 Å². The van der Waals surface area contributed by atoms with Gasteiger partial charge in [0.15, 0.2) is 24.6 Å². The Labute approximate surface area is 468 Å². The SMILES string of the molecule is CC/C=C\C/C=C\C/C=C\C/C=C\CCCCCCC(=O)OCC(COC1OC(C(=O)O)C(O)C(O)C1OC(=O)CCCCCCC/C=C\CCCCCC)OC(=O)CCCCCCCCCCCCCCCCCCC. The summed E-state index contributed by atoms with van der Waals surface area (Å²) in [5.74, 6) is -3.14. The summed E-state index contributed by atoms with van der Waals surface area (Å²) in [7, 11) is 0. The van der Waals surface area contributed by atoms with Crippen molar-refractivity contribution in [2.75, 3.05) is 13.2 Å². The van der Waals surface area contributed by atoms with E-state index in [0.29, 0.717) is 19.3 Å². The van der Waals surface area contributed by atoms with Crippen LogP contribution in [0.4, 0.5) is 0 Å². The molecule has 12 nitrogen and oxygen atoms in total. The minimum absolute atomic E-state index is 0.0485. The van der Waals surface area contributed by atoms with E-state index in [1.54, 1.807) is 0 Å². The van der Waals surface area contributed by atoms with Crippen LogP contribution in [-0.2, 0) is 42.9 Å². The summed E-state index contributed by atoms with van der Waals surface area (Å²) in [4.78, 5) is 51.2. The number of carbonyl (C=O) groups excluding carboxylic acids is 3. The number of hydrogen-bond acceptors (Lipinski definition) is 11. The molecule has 0 amide bonds. The van der Waals surface area contributed by atoms with Gasteiger partial charge in [-0.25, -0.2) is 4.79 Å². The van der Waals surface area contributed by atoms with Crippen molar-refractivity contribution in [3.05, 3.63) is 60.8 Å². The first-order chi connectivity index (χ1) is 37.6. The van der Waals surface area contributed by atoms with Crippen molar-refractivity contribution < 1.29 is 58.2 Å². The standard InChI is InChI=1S/C65H112O12/c1-4-7-10-13-16-19-22-25-27-29-31-34-36-39-42-45-48-51-57(66)73-54-56(75-58(67)52-49-46-43-40-38-35-32-30-28-26-23-20-17-14-11-8-5-2)55-74-65-63(61(70)60(69)62(77-65)64(71)72)76-59(68)53-50-47-44-41-37-33-24-21-18-15-12-9-6-3/h7,10,16,19,21,24-25,27,31,34,56,60-63,65,69-70H,4-6,8-9,11-15,17-18,20,22-23,26,28-30,32-33,35-55H2,1-3H3,(H,71,72)/b10-7-,19-16-,24-21-,27-25-,34-31-. The van der Waals surface area contributed by atoms with Gasteiger partial charge >= 0.3 is 23.9 Å². The third kappa shape index (κ3) is 43.0. The van der Waals surface area contributed by atoms with E-state index in [1.165, 1.54) is 109 Å². The van der Waals surface area contributed by atoms with Crippen LogP contribution in [-0.4, -0.2) is 89.2 Å². The van der Waals surface area contributed by atoms with E-state index in [4.69, 9.17) is 23.7 Å². The van der Waals surface area contributed by atoms with Crippen molar-refractivity contribution in [3.63, 3.8) is 0 Å². The Morgan fingerprint density at radius 1 is 0.442 bits per heavy atom. The third-order valence-corrected chi connectivity index (χ3v) is 14.1. The molecule has 0 aliphatic carbocycles. The Hall–Kier alpha value is -3.58. The van der Waals surface area contributed by atoms with Crippen molar-refractivity contribution in [3.8, 4) is 0 Å². The number of hydrogen-bond donors (Lipinski definition) is 3. The number of rotatable bonds is 53. The fraction of sp³-hybridized carbons (Fsp3) is 0.785. The first-order valence-electron chi connectivity index (χ1n) is 31.3. The molecule has 0 bridgehead atoms. The van der Waals surface area contributed by atoms with E-state index in [0.717, 1.165) is 109 Å². The summed E-state index contributed by atoms with van der Waals surface area (Å²) in [5, 5.41) is 31.5. The second-order valence-electron chi connectivity index (χ2n) is 21.3. The molecule has 6 unspecified atom stereocenters. The van der Waals surface area contributed by atoms with E-state index in [1.807, 2.05) is 0 Å². The lowest BCUT2D eigenvalue weighted by Gasteiger charge is -2.40. The number of aliphatic hydroxyl groups is 2. The predicted octanol–water partition coefficient (Wildman–Crippen LogP) is 16.3. The van der Waals surface area contributed by atoms with Crippen molar-refractivity contribution in [2.45, 2.75) is 314 Å². The van der Waals surface area contributed by atoms with Gasteiger partial charge in [-0.3, -0.25) is 14.4 Å². The summed E-state index contributed by atoms with van der Waals surface area (Å²) in [6, 6.07) is 0. The van der Waals surface area contributed by atoms with E-state index < -0.39 is 67.3 Å². The zero-order valence-electron chi connectivity index (χ0n) is 49.0. The molecule has 0 aromatic rings. The third-order valence-electron chi connectivity index (χ3n) is 14.1. The molecular weight excluding hydrogens is 973 g/mol. The van der Waals surface area contributed by atoms with Crippen LogP contribution < -0.4 is 0 Å². The maximum Gasteiger partial charge on any atom is 0.335 e. The molecule has 77 heavy (non-hydrogen) atoms. The minimum Gasteiger partial charge on any atom is -0.479 e. The molecule has 1 aliphatic rings. The topological polar surface area (TPSA) is 175 Å². The number of aliphatic carboxylic acids is 1. The molecule has 6 atom stereocenters. The number of aliphatic hydroxyl groups excluding tert-OH is 2. The fourth-order valence-corrected chi connectivity index (χ4v) is 9.30. The van der Waals surface area contributed by atoms with Crippen molar-refractivity contribution in [1.82, 2.24) is 0 Å². The lowest BCUT2D eigenvalue weighted by Crippen LogP contribution is -2.61. The molecule has 1 aliphatic heterocycles. The Morgan fingerprint density at radius 2 is 0.818 bits per heavy atom. The molecule has 0 radical (unpaired) electrons. The van der Waals surface area contributed by atoms with Crippen molar-refractivity contribution in [2.24, 2.45) is 0 Å². The molecular formula is C65H112O12. The number of ether oxygens (including phenoxy) is 5. The molecule has 444 valence electrons. The van der Waals surface area contributed by atoms with Crippen LogP contribution in [0, 0.1) is 0 Å².